The van der Waals surface area contributed by atoms with Gasteiger partial charge in [-0.3, -0.25) is 19.0 Å². The number of fused-ring (bicyclic) bond motifs is 1. The van der Waals surface area contributed by atoms with Gasteiger partial charge in [-0.1, -0.05) is 44.2 Å². The van der Waals surface area contributed by atoms with E-state index in [1.54, 1.807) is 55.5 Å². The Kier molecular flexibility index (Phi) is 6.20. The van der Waals surface area contributed by atoms with Crippen molar-refractivity contribution in [3.8, 4) is 5.69 Å². The summed E-state index contributed by atoms with van der Waals surface area (Å²) in [4.78, 5) is 52.6. The fraction of sp³-hybridized carbons (Fsp3) is 0.259. The number of ketones is 1. The molecule has 1 N–H and O–H groups in total. The van der Waals surface area contributed by atoms with Gasteiger partial charge in [-0.15, -0.1) is 0 Å². The van der Waals surface area contributed by atoms with E-state index in [0.717, 1.165) is 0 Å². The minimum atomic E-state index is -0.672. The summed E-state index contributed by atoms with van der Waals surface area (Å²) in [6, 6.07) is 15.3. The van der Waals surface area contributed by atoms with E-state index in [4.69, 9.17) is 4.74 Å². The monoisotopic (exact) mass is 458 g/mol. The van der Waals surface area contributed by atoms with Crippen molar-refractivity contribution in [2.75, 3.05) is 11.9 Å². The quantitative estimate of drug-likeness (QED) is 0.571. The van der Waals surface area contributed by atoms with Gasteiger partial charge in [0.15, 0.2) is 5.78 Å². The van der Waals surface area contributed by atoms with E-state index in [2.05, 4.69) is 5.32 Å². The van der Waals surface area contributed by atoms with Crippen molar-refractivity contribution in [2.45, 2.75) is 33.6 Å². The van der Waals surface area contributed by atoms with Crippen LogP contribution in [-0.2, 0) is 11.2 Å². The van der Waals surface area contributed by atoms with Crippen LogP contribution >= 0.6 is 0 Å². The van der Waals surface area contributed by atoms with Crippen molar-refractivity contribution >= 4 is 23.3 Å². The van der Waals surface area contributed by atoms with E-state index in [9.17, 15) is 19.2 Å². The summed E-state index contributed by atoms with van der Waals surface area (Å²) in [5, 5.41) is 2.71. The lowest BCUT2D eigenvalue weighted by atomic mass is 9.73. The summed E-state index contributed by atoms with van der Waals surface area (Å²) in [7, 11) is 0. The Bertz CT molecular complexity index is 1340. The van der Waals surface area contributed by atoms with Gasteiger partial charge in [-0.25, -0.2) is 4.79 Å². The van der Waals surface area contributed by atoms with E-state index in [1.807, 2.05) is 19.9 Å². The fourth-order valence-corrected chi connectivity index (χ4v) is 4.32. The lowest BCUT2D eigenvalue weighted by Gasteiger charge is -2.31. The maximum Gasteiger partial charge on any atom is 0.340 e. The van der Waals surface area contributed by atoms with Crippen molar-refractivity contribution in [1.29, 1.82) is 0 Å². The van der Waals surface area contributed by atoms with Gasteiger partial charge in [-0.2, -0.15) is 0 Å². The number of nitrogens with zero attached hydrogens (tertiary/aromatic N) is 1. The number of amides is 1. The van der Waals surface area contributed by atoms with Crippen LogP contribution < -0.4 is 10.9 Å². The molecule has 4 rings (SSSR count). The summed E-state index contributed by atoms with van der Waals surface area (Å²) >= 11 is 0. The van der Waals surface area contributed by atoms with Gasteiger partial charge in [0.1, 0.15) is 5.56 Å². The molecule has 174 valence electrons. The first kappa shape index (κ1) is 23.2. The smallest absolute Gasteiger partial charge is 0.340 e. The normalized spacial score (nSPS) is 14.3. The van der Waals surface area contributed by atoms with Gasteiger partial charge in [0, 0.05) is 23.9 Å². The van der Waals surface area contributed by atoms with Crippen molar-refractivity contribution < 1.29 is 19.1 Å². The predicted octanol–water partition coefficient (Wildman–Crippen LogP) is 4.42. The second kappa shape index (κ2) is 9.09. The lowest BCUT2D eigenvalue weighted by molar-refractivity contribution is 0.0527. The highest BCUT2D eigenvalue weighted by Crippen LogP contribution is 2.36. The second-order valence-electron chi connectivity index (χ2n) is 9.07. The molecular formula is C27H26N2O5. The molecule has 7 nitrogen and oxygen atoms in total. The zero-order chi connectivity index (χ0) is 24.5. The fourth-order valence-electron chi connectivity index (χ4n) is 4.32. The number of Topliss-reactive ketones (excluding diaryl/α,β-unsaturated/α-hetero) is 1. The number of rotatable bonds is 5. The number of para-hydroxylation sites is 2. The van der Waals surface area contributed by atoms with E-state index < -0.39 is 22.9 Å². The standard InChI is InChI=1S/C27H26N2O5/c1-4-34-26(33)18-12-8-9-13-21(18)28-24(31)23-19-14-27(2,3)15-22(30)20(19)16-29(25(23)32)17-10-6-5-7-11-17/h5-13,16H,4,14-15H2,1-3H3,(H,28,31). The SMILES string of the molecule is CCOC(=O)c1ccccc1NC(=O)c1c2c(cn(-c3ccccc3)c1=O)C(=O)CC(C)(C)C2. The highest BCUT2D eigenvalue weighted by molar-refractivity contribution is 6.10. The molecule has 1 aromatic heterocycles. The van der Waals surface area contributed by atoms with Crippen LogP contribution in [0.15, 0.2) is 65.6 Å². The lowest BCUT2D eigenvalue weighted by Crippen LogP contribution is -2.37. The van der Waals surface area contributed by atoms with Crippen molar-refractivity contribution in [2.24, 2.45) is 5.41 Å². The van der Waals surface area contributed by atoms with E-state index in [0.29, 0.717) is 29.7 Å². The molecule has 1 amide bonds. The number of nitrogens with one attached hydrogen (secondary N) is 1. The van der Waals surface area contributed by atoms with Crippen molar-refractivity contribution in [1.82, 2.24) is 4.57 Å². The third-order valence-electron chi connectivity index (χ3n) is 5.84. The molecule has 0 unspecified atom stereocenters. The van der Waals surface area contributed by atoms with Crippen LogP contribution in [0.5, 0.6) is 0 Å². The molecule has 34 heavy (non-hydrogen) atoms. The highest BCUT2D eigenvalue weighted by atomic mass is 16.5. The van der Waals surface area contributed by atoms with E-state index in [1.165, 1.54) is 10.8 Å². The Morgan fingerprint density at radius 1 is 1.00 bits per heavy atom. The number of hydrogen-bond acceptors (Lipinski definition) is 5. The predicted molar refractivity (Wildman–Crippen MR) is 129 cm³/mol. The molecule has 0 atom stereocenters. The molecule has 1 aliphatic carbocycles. The second-order valence-corrected chi connectivity index (χ2v) is 9.07. The zero-order valence-electron chi connectivity index (χ0n) is 19.4. The number of benzene rings is 2. The topological polar surface area (TPSA) is 94.5 Å². The van der Waals surface area contributed by atoms with Crippen LogP contribution in [-0.4, -0.2) is 28.8 Å². The first-order valence-corrected chi connectivity index (χ1v) is 11.2. The Labute approximate surface area is 197 Å². The summed E-state index contributed by atoms with van der Waals surface area (Å²) < 4.78 is 6.42. The molecule has 1 aliphatic rings. The van der Waals surface area contributed by atoms with Crippen LogP contribution in [0.1, 0.15) is 63.8 Å². The van der Waals surface area contributed by atoms with Crippen molar-refractivity contribution in [3.63, 3.8) is 0 Å². The Morgan fingerprint density at radius 3 is 2.38 bits per heavy atom. The van der Waals surface area contributed by atoms with Crippen LogP contribution in [0.3, 0.4) is 0 Å². The number of esters is 1. The molecule has 0 saturated carbocycles. The number of carbonyl (C=O) groups excluding carboxylic acids is 3. The Morgan fingerprint density at radius 2 is 1.68 bits per heavy atom. The molecule has 1 heterocycles. The van der Waals surface area contributed by atoms with Crippen LogP contribution in [0.25, 0.3) is 5.69 Å². The Hall–Kier alpha value is -4.00. The molecule has 3 aromatic rings. The maximum absolute atomic E-state index is 13.6. The molecule has 0 fully saturated rings. The molecule has 0 radical (unpaired) electrons. The average molecular weight is 459 g/mol. The zero-order valence-corrected chi connectivity index (χ0v) is 19.4. The van der Waals surface area contributed by atoms with Crippen LogP contribution in [0.4, 0.5) is 5.69 Å². The summed E-state index contributed by atoms with van der Waals surface area (Å²) in [5.41, 5.74) is 0.749. The van der Waals surface area contributed by atoms with Gasteiger partial charge in [0.25, 0.3) is 11.5 Å². The largest absolute Gasteiger partial charge is 0.462 e. The average Bonchev–Trinajstić information content (AvgIpc) is 2.79. The summed E-state index contributed by atoms with van der Waals surface area (Å²) in [6.07, 6.45) is 2.26. The van der Waals surface area contributed by atoms with Crippen molar-refractivity contribution in [3.05, 3.63) is 93.4 Å². The molecule has 0 spiro atoms. The van der Waals surface area contributed by atoms with Gasteiger partial charge in [0.2, 0.25) is 0 Å². The van der Waals surface area contributed by atoms with E-state index in [-0.39, 0.29) is 29.2 Å². The maximum atomic E-state index is 13.6. The van der Waals surface area contributed by atoms with Crippen LogP contribution in [0.2, 0.25) is 0 Å². The minimum Gasteiger partial charge on any atom is -0.462 e. The Balaban J connectivity index is 1.87. The van der Waals surface area contributed by atoms with Crippen LogP contribution in [0, 0.1) is 5.41 Å². The van der Waals surface area contributed by atoms with Gasteiger partial charge in [0.05, 0.1) is 17.9 Å². The molecule has 2 aromatic carbocycles. The first-order valence-electron chi connectivity index (χ1n) is 11.2. The molecular weight excluding hydrogens is 432 g/mol. The number of hydrogen-bond donors (Lipinski definition) is 1. The minimum absolute atomic E-state index is 0.0962. The number of ether oxygens (including phenoxy) is 1. The van der Waals surface area contributed by atoms with Gasteiger partial charge in [-0.05, 0) is 48.6 Å². The molecule has 7 heteroatoms. The van der Waals surface area contributed by atoms with E-state index >= 15 is 0 Å². The molecule has 0 bridgehead atoms. The van der Waals surface area contributed by atoms with Gasteiger partial charge >= 0.3 is 5.97 Å². The number of carbonyl (C=O) groups is 3. The van der Waals surface area contributed by atoms with Gasteiger partial charge < -0.3 is 10.1 Å². The number of aromatic nitrogens is 1. The molecule has 0 aliphatic heterocycles. The third kappa shape index (κ3) is 4.41. The summed E-state index contributed by atoms with van der Waals surface area (Å²) in [6.45, 7) is 5.76. The third-order valence-corrected chi connectivity index (χ3v) is 5.84. The number of anilines is 1. The highest BCUT2D eigenvalue weighted by Gasteiger charge is 2.36. The first-order chi connectivity index (χ1) is 16.2. The molecule has 0 saturated heterocycles. The summed E-state index contributed by atoms with van der Waals surface area (Å²) in [5.74, 6) is -1.36. The number of pyridine rings is 1.